The molecule has 0 atom stereocenters. The lowest BCUT2D eigenvalue weighted by molar-refractivity contribution is 1.15. The molecule has 4 aromatic rings. The van der Waals surface area contributed by atoms with E-state index in [1.165, 1.54) is 0 Å². The van der Waals surface area contributed by atoms with Crippen molar-refractivity contribution in [1.82, 2.24) is 19.9 Å². The summed E-state index contributed by atoms with van der Waals surface area (Å²) >= 11 is 6.87. The molecule has 0 aliphatic carbocycles. The van der Waals surface area contributed by atoms with E-state index in [2.05, 4.69) is 56.6 Å². The third-order valence-corrected chi connectivity index (χ3v) is 5.01. The van der Waals surface area contributed by atoms with Gasteiger partial charge in [-0.25, -0.2) is 15.0 Å². The Labute approximate surface area is 177 Å². The van der Waals surface area contributed by atoms with Gasteiger partial charge in [0.15, 0.2) is 5.69 Å². The molecular formula is C20H8Br2N6. The summed E-state index contributed by atoms with van der Waals surface area (Å²) in [6.07, 6.45) is 0. The number of nitriles is 1. The number of halogens is 2. The predicted molar refractivity (Wildman–Crippen MR) is 112 cm³/mol. The van der Waals surface area contributed by atoms with E-state index in [4.69, 9.17) is 6.57 Å². The van der Waals surface area contributed by atoms with Crippen molar-refractivity contribution in [2.45, 2.75) is 0 Å². The molecule has 8 heteroatoms. The Morgan fingerprint density at radius 1 is 0.750 bits per heavy atom. The van der Waals surface area contributed by atoms with Crippen LogP contribution in [0.2, 0.25) is 0 Å². The average molecular weight is 492 g/mol. The van der Waals surface area contributed by atoms with Crippen LogP contribution in [0.25, 0.3) is 38.7 Å². The van der Waals surface area contributed by atoms with Gasteiger partial charge in [0.1, 0.15) is 11.8 Å². The van der Waals surface area contributed by atoms with Crippen molar-refractivity contribution in [2.75, 3.05) is 0 Å². The van der Waals surface area contributed by atoms with Crippen LogP contribution in [0.5, 0.6) is 0 Å². The van der Waals surface area contributed by atoms with Gasteiger partial charge in [0.2, 0.25) is 5.65 Å². The van der Waals surface area contributed by atoms with Crippen LogP contribution in [0.4, 0.5) is 5.82 Å². The van der Waals surface area contributed by atoms with Crippen LogP contribution < -0.4 is 0 Å². The van der Waals surface area contributed by atoms with Crippen molar-refractivity contribution in [3.05, 3.63) is 74.6 Å². The average Bonchev–Trinajstić information content (AvgIpc) is 2.73. The summed E-state index contributed by atoms with van der Waals surface area (Å²) in [5, 5.41) is 9.23. The fraction of sp³-hybridized carbons (Fsp3) is 0. The van der Waals surface area contributed by atoms with Crippen LogP contribution in [-0.2, 0) is 0 Å². The Kier molecular flexibility index (Phi) is 4.82. The molecule has 6 nitrogen and oxygen atoms in total. The molecule has 0 N–H and O–H groups in total. The Balaban J connectivity index is 2.04. The highest BCUT2D eigenvalue weighted by atomic mass is 79.9. The van der Waals surface area contributed by atoms with Crippen LogP contribution in [0.3, 0.4) is 0 Å². The second kappa shape index (κ2) is 7.43. The zero-order valence-corrected chi connectivity index (χ0v) is 17.2. The first-order valence-electron chi connectivity index (χ1n) is 7.98. The van der Waals surface area contributed by atoms with Gasteiger partial charge in [-0.2, -0.15) is 5.26 Å². The molecule has 0 saturated carbocycles. The molecule has 0 radical (unpaired) electrons. The van der Waals surface area contributed by atoms with Crippen molar-refractivity contribution >= 4 is 49.0 Å². The van der Waals surface area contributed by atoms with Gasteiger partial charge in [-0.15, -0.1) is 0 Å². The fourth-order valence-corrected chi connectivity index (χ4v) is 3.18. The molecule has 0 amide bonds. The first-order chi connectivity index (χ1) is 13.6. The van der Waals surface area contributed by atoms with E-state index in [0.29, 0.717) is 11.4 Å². The summed E-state index contributed by atoms with van der Waals surface area (Å²) in [7, 11) is 0. The zero-order chi connectivity index (χ0) is 19.7. The predicted octanol–water partition coefficient (Wildman–Crippen LogP) is 5.70. The van der Waals surface area contributed by atoms with E-state index >= 15 is 0 Å². The van der Waals surface area contributed by atoms with Crippen LogP contribution in [0.15, 0.2) is 57.5 Å². The Hall–Kier alpha value is -3.20. The number of aromatic nitrogens is 4. The molecule has 2 aromatic heterocycles. The Bertz CT molecular complexity index is 1180. The van der Waals surface area contributed by atoms with Gasteiger partial charge in [0.05, 0.1) is 5.69 Å². The normalized spacial score (nSPS) is 10.4. The zero-order valence-electron chi connectivity index (χ0n) is 14.1. The third-order valence-electron chi connectivity index (χ3n) is 3.95. The van der Waals surface area contributed by atoms with Crippen molar-refractivity contribution in [2.24, 2.45) is 0 Å². The Morgan fingerprint density at radius 2 is 1.21 bits per heavy atom. The van der Waals surface area contributed by atoms with E-state index in [1.54, 1.807) is 0 Å². The van der Waals surface area contributed by atoms with Crippen LogP contribution in [-0.4, -0.2) is 19.9 Å². The SMILES string of the molecule is [C-]#[N+]c1nc2nc(-c3ccc(Br)cc3)c(-c3ccc(Br)cc3)nc2nc1C#N. The maximum Gasteiger partial charge on any atom is 0.308 e. The monoisotopic (exact) mass is 490 g/mol. The first kappa shape index (κ1) is 18.2. The van der Waals surface area contributed by atoms with Crippen molar-refractivity contribution < 1.29 is 0 Å². The second-order valence-electron chi connectivity index (χ2n) is 5.70. The molecule has 132 valence electrons. The summed E-state index contributed by atoms with van der Waals surface area (Å²) in [6.45, 7) is 7.21. The minimum atomic E-state index is -0.0811. The second-order valence-corrected chi connectivity index (χ2v) is 7.53. The fourth-order valence-electron chi connectivity index (χ4n) is 2.65. The topological polar surface area (TPSA) is 79.7 Å². The number of benzene rings is 2. The minimum absolute atomic E-state index is 0.0602. The van der Waals surface area contributed by atoms with Gasteiger partial charge < -0.3 is 4.85 Å². The number of fused-ring (bicyclic) bond motifs is 1. The lowest BCUT2D eigenvalue weighted by atomic mass is 10.0. The lowest BCUT2D eigenvalue weighted by Crippen LogP contribution is -2.00. The van der Waals surface area contributed by atoms with Crippen molar-refractivity contribution in [3.63, 3.8) is 0 Å². The van der Waals surface area contributed by atoms with Gasteiger partial charge in [-0.1, -0.05) is 67.7 Å². The molecule has 0 aliphatic rings. The van der Waals surface area contributed by atoms with Crippen molar-refractivity contribution in [1.29, 1.82) is 5.26 Å². The summed E-state index contributed by atoms with van der Waals surface area (Å²) in [5.74, 6) is -0.0811. The highest BCUT2D eigenvalue weighted by molar-refractivity contribution is 9.10. The Morgan fingerprint density at radius 3 is 1.64 bits per heavy atom. The molecule has 2 aromatic carbocycles. The van der Waals surface area contributed by atoms with Gasteiger partial charge in [0, 0.05) is 20.1 Å². The first-order valence-corrected chi connectivity index (χ1v) is 9.57. The molecule has 0 unspecified atom stereocenters. The van der Waals surface area contributed by atoms with E-state index in [-0.39, 0.29) is 22.8 Å². The van der Waals surface area contributed by atoms with Gasteiger partial charge >= 0.3 is 5.82 Å². The number of nitrogens with zero attached hydrogens (tertiary/aromatic N) is 6. The number of hydrogen-bond donors (Lipinski definition) is 0. The standard InChI is InChI=1S/C20H8Br2N6/c1-24-18-15(10-23)25-19-20(28-18)27-17(12-4-8-14(22)9-5-12)16(26-19)11-2-6-13(21)7-3-11/h2-9H. The quantitative estimate of drug-likeness (QED) is 0.336. The molecule has 0 saturated heterocycles. The van der Waals surface area contributed by atoms with Gasteiger partial charge in [-0.3, -0.25) is 0 Å². The van der Waals surface area contributed by atoms with Crippen LogP contribution >= 0.6 is 31.9 Å². The van der Waals surface area contributed by atoms with E-state index < -0.39 is 0 Å². The highest BCUT2D eigenvalue weighted by Gasteiger charge is 2.19. The highest BCUT2D eigenvalue weighted by Crippen LogP contribution is 2.32. The molecule has 0 bridgehead atoms. The summed E-state index contributed by atoms with van der Waals surface area (Å²) in [5.41, 5.74) is 3.34. The molecule has 0 aliphatic heterocycles. The lowest BCUT2D eigenvalue weighted by Gasteiger charge is -2.09. The van der Waals surface area contributed by atoms with Gasteiger partial charge in [-0.05, 0) is 24.3 Å². The minimum Gasteiger partial charge on any atom is -0.358 e. The summed E-state index contributed by atoms with van der Waals surface area (Å²) in [4.78, 5) is 20.9. The molecule has 0 spiro atoms. The van der Waals surface area contributed by atoms with E-state index in [1.807, 2.05) is 54.6 Å². The summed E-state index contributed by atoms with van der Waals surface area (Å²) < 4.78 is 1.90. The number of rotatable bonds is 2. The van der Waals surface area contributed by atoms with E-state index in [9.17, 15) is 5.26 Å². The number of hydrogen-bond acceptors (Lipinski definition) is 5. The largest absolute Gasteiger partial charge is 0.358 e. The molecule has 4 rings (SSSR count). The molecular weight excluding hydrogens is 484 g/mol. The van der Waals surface area contributed by atoms with Gasteiger partial charge in [0.25, 0.3) is 5.65 Å². The van der Waals surface area contributed by atoms with Crippen LogP contribution in [0.1, 0.15) is 5.69 Å². The molecule has 28 heavy (non-hydrogen) atoms. The maximum atomic E-state index is 9.23. The smallest absolute Gasteiger partial charge is 0.308 e. The summed E-state index contributed by atoms with van der Waals surface area (Å²) in [6, 6.07) is 17.3. The van der Waals surface area contributed by atoms with Crippen molar-refractivity contribution in [3.8, 4) is 28.6 Å². The molecule has 0 fully saturated rings. The molecule has 2 heterocycles. The maximum absolute atomic E-state index is 9.23. The van der Waals surface area contributed by atoms with Crippen LogP contribution in [0, 0.1) is 17.9 Å². The van der Waals surface area contributed by atoms with E-state index in [0.717, 1.165) is 20.1 Å². The third kappa shape index (κ3) is 3.36.